The quantitative estimate of drug-likeness (QED) is 0.507. The lowest BCUT2D eigenvalue weighted by Crippen LogP contribution is -2.36. The van der Waals surface area contributed by atoms with Crippen molar-refractivity contribution in [2.45, 2.75) is 31.7 Å². The zero-order valence-corrected chi connectivity index (χ0v) is 19.4. The highest BCUT2D eigenvalue weighted by Gasteiger charge is 2.33. The first-order chi connectivity index (χ1) is 16.2. The van der Waals surface area contributed by atoms with Crippen molar-refractivity contribution in [2.24, 2.45) is 0 Å². The Morgan fingerprint density at radius 1 is 1.17 bits per heavy atom. The van der Waals surface area contributed by atoms with Crippen molar-refractivity contribution in [1.29, 1.82) is 0 Å². The van der Waals surface area contributed by atoms with Crippen molar-refractivity contribution in [3.63, 3.8) is 0 Å². The molecule has 188 valence electrons. The smallest absolute Gasteiger partial charge is 0.416 e. The topological polar surface area (TPSA) is 84.5 Å². The van der Waals surface area contributed by atoms with Gasteiger partial charge in [-0.2, -0.15) is 13.2 Å². The van der Waals surface area contributed by atoms with Gasteiger partial charge in [0.1, 0.15) is 11.4 Å². The van der Waals surface area contributed by atoms with Gasteiger partial charge in [-0.15, -0.1) is 0 Å². The van der Waals surface area contributed by atoms with E-state index in [-0.39, 0.29) is 28.9 Å². The SMILES string of the molecule is C=Cc1cc(C2=CCC(C(=O)N[C@H](C)c3cc(F)c(NS(C)(=O)=O)c(F)c3)O2)cc(C(F)(F)F)c1. The Morgan fingerprint density at radius 2 is 1.80 bits per heavy atom. The van der Waals surface area contributed by atoms with Crippen LogP contribution in [0.25, 0.3) is 11.8 Å². The summed E-state index contributed by atoms with van der Waals surface area (Å²) < 4.78 is 97.9. The lowest BCUT2D eigenvalue weighted by Gasteiger charge is -2.19. The van der Waals surface area contributed by atoms with Gasteiger partial charge in [0.15, 0.2) is 17.7 Å². The molecule has 0 aliphatic carbocycles. The first kappa shape index (κ1) is 26.2. The number of alkyl halides is 3. The summed E-state index contributed by atoms with van der Waals surface area (Å²) in [6.45, 7) is 4.93. The van der Waals surface area contributed by atoms with Crippen LogP contribution < -0.4 is 10.0 Å². The molecular formula is C23H21F5N2O4S. The average molecular weight is 516 g/mol. The van der Waals surface area contributed by atoms with Gasteiger partial charge in [-0.1, -0.05) is 12.7 Å². The largest absolute Gasteiger partial charge is 0.480 e. The van der Waals surface area contributed by atoms with Crippen LogP contribution >= 0.6 is 0 Å². The van der Waals surface area contributed by atoms with Crippen molar-refractivity contribution in [2.75, 3.05) is 11.0 Å². The number of hydrogen-bond donors (Lipinski definition) is 2. The second-order valence-electron chi connectivity index (χ2n) is 7.92. The summed E-state index contributed by atoms with van der Waals surface area (Å²) in [6.07, 6.45) is -2.12. The van der Waals surface area contributed by atoms with E-state index in [1.807, 2.05) is 0 Å². The number of halogens is 5. The maximum atomic E-state index is 14.3. The fraction of sp³-hybridized carbons (Fsp3) is 0.261. The first-order valence-electron chi connectivity index (χ1n) is 10.2. The highest BCUT2D eigenvalue weighted by atomic mass is 32.2. The molecule has 0 fully saturated rings. The molecule has 1 aliphatic rings. The van der Waals surface area contributed by atoms with Gasteiger partial charge in [0.05, 0.1) is 17.9 Å². The van der Waals surface area contributed by atoms with E-state index in [0.717, 1.165) is 30.5 Å². The van der Waals surface area contributed by atoms with Crippen LogP contribution in [0.5, 0.6) is 0 Å². The van der Waals surface area contributed by atoms with Crippen LogP contribution in [0, 0.1) is 11.6 Å². The van der Waals surface area contributed by atoms with Crippen molar-refractivity contribution < 1.29 is 39.9 Å². The van der Waals surface area contributed by atoms with E-state index in [1.54, 1.807) is 4.72 Å². The fourth-order valence-corrected chi connectivity index (χ4v) is 3.97. The normalized spacial score (nSPS) is 16.8. The molecule has 1 unspecified atom stereocenters. The van der Waals surface area contributed by atoms with Crippen LogP contribution in [-0.4, -0.2) is 26.7 Å². The zero-order valence-electron chi connectivity index (χ0n) is 18.5. The summed E-state index contributed by atoms with van der Waals surface area (Å²) in [4.78, 5) is 12.6. The van der Waals surface area contributed by atoms with Crippen molar-refractivity contribution in [3.8, 4) is 0 Å². The molecule has 0 saturated heterocycles. The summed E-state index contributed by atoms with van der Waals surface area (Å²) in [7, 11) is -3.92. The average Bonchev–Trinajstić information content (AvgIpc) is 3.25. The molecule has 1 heterocycles. The molecule has 0 radical (unpaired) electrons. The maximum Gasteiger partial charge on any atom is 0.416 e. The highest BCUT2D eigenvalue weighted by Crippen LogP contribution is 2.35. The van der Waals surface area contributed by atoms with Crippen LogP contribution in [-0.2, 0) is 25.7 Å². The molecule has 2 atom stereocenters. The number of amides is 1. The minimum atomic E-state index is -4.59. The Morgan fingerprint density at radius 3 is 2.34 bits per heavy atom. The van der Waals surface area contributed by atoms with Gasteiger partial charge < -0.3 is 10.1 Å². The maximum absolute atomic E-state index is 14.3. The number of ether oxygens (including phenoxy) is 1. The lowest BCUT2D eigenvalue weighted by atomic mass is 10.0. The standard InChI is InChI=1S/C23H21F5N2O4S/c1-4-13-7-15(9-16(8-13)23(26,27)28)19-5-6-20(34-19)22(31)29-12(2)14-10-17(24)21(18(25)11-14)30-35(3,32)33/h4-5,7-12,20,30H,1,6H2,2-3H3,(H,29,31)/t12-,20?/m1/s1. The molecule has 0 aromatic heterocycles. The lowest BCUT2D eigenvalue weighted by molar-refractivity contribution is -0.137. The van der Waals surface area contributed by atoms with Crippen molar-refractivity contribution >= 4 is 33.5 Å². The fourth-order valence-electron chi connectivity index (χ4n) is 3.40. The molecule has 35 heavy (non-hydrogen) atoms. The predicted octanol–water partition coefficient (Wildman–Crippen LogP) is 5.01. The Kier molecular flexibility index (Phi) is 7.25. The Balaban J connectivity index is 1.72. The van der Waals surface area contributed by atoms with E-state index >= 15 is 0 Å². The molecule has 0 saturated carbocycles. The van der Waals surface area contributed by atoms with Gasteiger partial charge in [-0.3, -0.25) is 9.52 Å². The van der Waals surface area contributed by atoms with Crippen molar-refractivity contribution in [3.05, 3.63) is 76.9 Å². The summed E-state index contributed by atoms with van der Waals surface area (Å²) in [5.74, 6) is -2.91. The summed E-state index contributed by atoms with van der Waals surface area (Å²) in [5.41, 5.74) is -1.38. The van der Waals surface area contributed by atoms with Gasteiger partial charge in [-0.05, 0) is 54.5 Å². The number of sulfonamides is 1. The summed E-state index contributed by atoms with van der Waals surface area (Å²) in [5, 5.41) is 2.53. The second-order valence-corrected chi connectivity index (χ2v) is 9.67. The van der Waals surface area contributed by atoms with E-state index in [2.05, 4.69) is 11.9 Å². The molecule has 3 rings (SSSR count). The monoisotopic (exact) mass is 516 g/mol. The molecule has 6 nitrogen and oxygen atoms in total. The third kappa shape index (κ3) is 6.38. The number of nitrogens with one attached hydrogen (secondary N) is 2. The van der Waals surface area contributed by atoms with Crippen LogP contribution in [0.1, 0.15) is 41.6 Å². The number of carbonyl (C=O) groups is 1. The molecule has 0 spiro atoms. The number of carbonyl (C=O) groups excluding carboxylic acids is 1. The molecule has 2 N–H and O–H groups in total. The van der Waals surface area contributed by atoms with Gasteiger partial charge >= 0.3 is 6.18 Å². The summed E-state index contributed by atoms with van der Waals surface area (Å²) >= 11 is 0. The molecule has 2 aromatic rings. The molecule has 12 heteroatoms. The molecular weight excluding hydrogens is 495 g/mol. The van der Waals surface area contributed by atoms with Crippen LogP contribution in [0.15, 0.2) is 43.0 Å². The number of anilines is 1. The summed E-state index contributed by atoms with van der Waals surface area (Å²) in [6, 6.07) is 4.13. The zero-order chi connectivity index (χ0) is 26.1. The van der Waals surface area contributed by atoms with E-state index in [9.17, 15) is 35.2 Å². The first-order valence-corrected chi connectivity index (χ1v) is 12.1. The third-order valence-electron chi connectivity index (χ3n) is 5.09. The Hall–Kier alpha value is -3.41. The number of rotatable bonds is 7. The molecule has 0 bridgehead atoms. The number of hydrogen-bond acceptors (Lipinski definition) is 4. The van der Waals surface area contributed by atoms with E-state index in [0.29, 0.717) is 0 Å². The predicted molar refractivity (Wildman–Crippen MR) is 120 cm³/mol. The Labute approximate surface area is 198 Å². The molecule has 2 aromatic carbocycles. The van der Waals surface area contributed by atoms with E-state index in [1.165, 1.54) is 25.1 Å². The van der Waals surface area contributed by atoms with Crippen molar-refractivity contribution in [1.82, 2.24) is 5.32 Å². The number of benzene rings is 2. The minimum Gasteiger partial charge on any atom is -0.480 e. The molecule has 1 amide bonds. The van der Waals surface area contributed by atoms with Crippen LogP contribution in [0.4, 0.5) is 27.6 Å². The van der Waals surface area contributed by atoms with Crippen LogP contribution in [0.2, 0.25) is 0 Å². The van der Waals surface area contributed by atoms with Gasteiger partial charge in [-0.25, -0.2) is 17.2 Å². The molecule has 1 aliphatic heterocycles. The highest BCUT2D eigenvalue weighted by molar-refractivity contribution is 7.92. The minimum absolute atomic E-state index is 0.0204. The van der Waals surface area contributed by atoms with Gasteiger partial charge in [0.2, 0.25) is 10.0 Å². The second kappa shape index (κ2) is 9.68. The van der Waals surface area contributed by atoms with Gasteiger partial charge in [0, 0.05) is 12.0 Å². The van der Waals surface area contributed by atoms with Gasteiger partial charge in [0.25, 0.3) is 5.91 Å². The third-order valence-corrected chi connectivity index (χ3v) is 5.67. The Bertz CT molecular complexity index is 1280. The van der Waals surface area contributed by atoms with Crippen LogP contribution in [0.3, 0.4) is 0 Å². The van der Waals surface area contributed by atoms with E-state index < -0.39 is 57.1 Å². The van der Waals surface area contributed by atoms with E-state index in [4.69, 9.17) is 4.74 Å².